The van der Waals surface area contributed by atoms with Gasteiger partial charge >= 0.3 is 0 Å². The van der Waals surface area contributed by atoms with E-state index in [4.69, 9.17) is 19.3 Å². The van der Waals surface area contributed by atoms with E-state index in [1.807, 2.05) is 47.5 Å². The Hall–Kier alpha value is -3.61. The first-order valence-corrected chi connectivity index (χ1v) is 9.87. The number of nitrogens with zero attached hydrogens (tertiary/aromatic N) is 2. The highest BCUT2D eigenvalue weighted by atomic mass is 19.2. The van der Waals surface area contributed by atoms with Crippen LogP contribution in [0.3, 0.4) is 0 Å². The van der Waals surface area contributed by atoms with Gasteiger partial charge in [-0.05, 0) is 60.2 Å². The number of ether oxygens (including phenoxy) is 3. The minimum Gasteiger partial charge on any atom is -0.497 e. The van der Waals surface area contributed by atoms with E-state index in [-0.39, 0.29) is 6.04 Å². The highest BCUT2D eigenvalue weighted by Crippen LogP contribution is 2.48. The maximum absolute atomic E-state index is 14.0. The molecule has 3 aromatic rings. The molecule has 0 spiro atoms. The van der Waals surface area contributed by atoms with E-state index < -0.39 is 17.9 Å². The van der Waals surface area contributed by atoms with Crippen molar-refractivity contribution in [2.45, 2.75) is 18.7 Å². The van der Waals surface area contributed by atoms with Gasteiger partial charge in [-0.15, -0.1) is 0 Å². The van der Waals surface area contributed by atoms with Crippen LogP contribution in [-0.2, 0) is 0 Å². The molecule has 0 N–H and O–H groups in total. The fourth-order valence-corrected chi connectivity index (χ4v) is 4.04. The van der Waals surface area contributed by atoms with Crippen molar-refractivity contribution in [3.63, 3.8) is 0 Å². The van der Waals surface area contributed by atoms with Crippen molar-refractivity contribution in [2.75, 3.05) is 14.2 Å². The molecule has 3 aromatic carbocycles. The molecule has 5 rings (SSSR count). The van der Waals surface area contributed by atoms with E-state index in [9.17, 15) is 8.78 Å². The summed E-state index contributed by atoms with van der Waals surface area (Å²) in [5.41, 5.74) is 3.26. The number of halogens is 2. The lowest BCUT2D eigenvalue weighted by atomic mass is 9.95. The summed E-state index contributed by atoms with van der Waals surface area (Å²) in [6.07, 6.45) is -0.0486. The Morgan fingerprint density at radius 3 is 2.35 bits per heavy atom. The van der Waals surface area contributed by atoms with Gasteiger partial charge in [-0.2, -0.15) is 5.10 Å². The predicted molar refractivity (Wildman–Crippen MR) is 111 cm³/mol. The van der Waals surface area contributed by atoms with Crippen LogP contribution >= 0.6 is 0 Å². The quantitative estimate of drug-likeness (QED) is 0.578. The first-order valence-electron chi connectivity index (χ1n) is 9.87. The van der Waals surface area contributed by atoms with Crippen molar-refractivity contribution in [1.82, 2.24) is 5.01 Å². The molecule has 0 saturated carbocycles. The predicted octanol–water partition coefficient (Wildman–Crippen LogP) is 5.22. The molecule has 7 heteroatoms. The van der Waals surface area contributed by atoms with E-state index in [2.05, 4.69) is 0 Å². The summed E-state index contributed by atoms with van der Waals surface area (Å²) < 4.78 is 44.3. The van der Waals surface area contributed by atoms with Crippen LogP contribution in [-0.4, -0.2) is 24.9 Å². The number of hydrogen-bond donors (Lipinski definition) is 0. The van der Waals surface area contributed by atoms with Crippen LogP contribution in [0.1, 0.15) is 35.4 Å². The largest absolute Gasteiger partial charge is 0.497 e. The van der Waals surface area contributed by atoms with Crippen LogP contribution in [0.2, 0.25) is 0 Å². The molecule has 0 saturated heterocycles. The number of fused-ring (bicyclic) bond motifs is 3. The third-order valence-corrected chi connectivity index (χ3v) is 5.65. The van der Waals surface area contributed by atoms with Gasteiger partial charge < -0.3 is 14.2 Å². The van der Waals surface area contributed by atoms with Gasteiger partial charge in [0.1, 0.15) is 17.2 Å². The van der Waals surface area contributed by atoms with Crippen LogP contribution in [0.15, 0.2) is 65.8 Å². The summed E-state index contributed by atoms with van der Waals surface area (Å²) in [7, 11) is 3.23. The van der Waals surface area contributed by atoms with Gasteiger partial charge in [0.05, 0.1) is 26.0 Å². The molecule has 0 amide bonds. The average Bonchev–Trinajstić information content (AvgIpc) is 3.26. The Labute approximate surface area is 178 Å². The second-order valence-electron chi connectivity index (χ2n) is 7.42. The standard InChI is InChI=1S/C24H20F2N2O3/c1-29-16-6-3-14(4-7-16)21-13-22-18-12-17(30-2)8-10-23(18)31-24(28(22)27-21)15-5-9-19(25)20(26)11-15/h3-12,22,24H,13H2,1-2H3/t22-,24-/m1/s1. The molecule has 5 nitrogen and oxygen atoms in total. The van der Waals surface area contributed by atoms with Crippen molar-refractivity contribution in [3.05, 3.63) is 89.0 Å². The number of hydrogen-bond acceptors (Lipinski definition) is 5. The molecule has 31 heavy (non-hydrogen) atoms. The van der Waals surface area contributed by atoms with Crippen molar-refractivity contribution >= 4 is 5.71 Å². The fraction of sp³-hybridized carbons (Fsp3) is 0.208. The van der Waals surface area contributed by atoms with Crippen LogP contribution in [0.4, 0.5) is 8.78 Å². The Morgan fingerprint density at radius 2 is 1.65 bits per heavy atom. The van der Waals surface area contributed by atoms with Crippen molar-refractivity contribution in [1.29, 1.82) is 0 Å². The smallest absolute Gasteiger partial charge is 0.213 e. The Kier molecular flexibility index (Phi) is 4.73. The molecular weight excluding hydrogens is 402 g/mol. The Balaban J connectivity index is 1.58. The molecule has 0 unspecified atom stereocenters. The summed E-state index contributed by atoms with van der Waals surface area (Å²) in [5.74, 6) is 0.328. The molecule has 2 heterocycles. The highest BCUT2D eigenvalue weighted by molar-refractivity contribution is 6.02. The van der Waals surface area contributed by atoms with Crippen LogP contribution < -0.4 is 14.2 Å². The molecule has 158 valence electrons. The number of rotatable bonds is 4. The van der Waals surface area contributed by atoms with Gasteiger partial charge in [0.15, 0.2) is 11.6 Å². The second kappa shape index (κ2) is 7.58. The third kappa shape index (κ3) is 3.36. The Bertz CT molecular complexity index is 1160. The van der Waals surface area contributed by atoms with E-state index >= 15 is 0 Å². The molecule has 0 radical (unpaired) electrons. The van der Waals surface area contributed by atoms with Crippen molar-refractivity contribution < 1.29 is 23.0 Å². The molecule has 0 aliphatic carbocycles. The molecular formula is C24H20F2N2O3. The summed E-state index contributed by atoms with van der Waals surface area (Å²) in [6, 6.07) is 16.9. The lowest BCUT2D eigenvalue weighted by Gasteiger charge is -2.38. The average molecular weight is 422 g/mol. The van der Waals surface area contributed by atoms with E-state index in [1.54, 1.807) is 14.2 Å². The zero-order chi connectivity index (χ0) is 21.5. The van der Waals surface area contributed by atoms with E-state index in [0.29, 0.717) is 23.5 Å². The molecule has 0 bridgehead atoms. The lowest BCUT2D eigenvalue weighted by Crippen LogP contribution is -2.33. The van der Waals surface area contributed by atoms with Gasteiger partial charge in [-0.25, -0.2) is 13.8 Å². The maximum atomic E-state index is 14.0. The first kappa shape index (κ1) is 19.4. The fourth-order valence-electron chi connectivity index (χ4n) is 4.04. The van der Waals surface area contributed by atoms with Crippen LogP contribution in [0.25, 0.3) is 0 Å². The monoisotopic (exact) mass is 422 g/mol. The SMILES string of the molecule is COc1ccc(C2=NN3[C@H](C2)c2cc(OC)ccc2O[C@@H]3c2ccc(F)c(F)c2)cc1. The zero-order valence-electron chi connectivity index (χ0n) is 17.0. The first-order chi connectivity index (χ1) is 15.1. The Morgan fingerprint density at radius 1 is 0.903 bits per heavy atom. The van der Waals surface area contributed by atoms with Crippen molar-refractivity contribution in [3.8, 4) is 17.2 Å². The highest BCUT2D eigenvalue weighted by Gasteiger charge is 2.41. The van der Waals surface area contributed by atoms with Gasteiger partial charge in [-0.1, -0.05) is 6.07 Å². The van der Waals surface area contributed by atoms with Crippen LogP contribution in [0.5, 0.6) is 17.2 Å². The lowest BCUT2D eigenvalue weighted by molar-refractivity contribution is -0.0193. The topological polar surface area (TPSA) is 43.3 Å². The normalized spacial score (nSPS) is 19.2. The molecule has 2 aliphatic rings. The summed E-state index contributed by atoms with van der Waals surface area (Å²) in [6.45, 7) is 0. The third-order valence-electron chi connectivity index (χ3n) is 5.65. The molecule has 0 fully saturated rings. The minimum absolute atomic E-state index is 0.130. The van der Waals surface area contributed by atoms with E-state index in [1.165, 1.54) is 6.07 Å². The van der Waals surface area contributed by atoms with Gasteiger partial charge in [0.2, 0.25) is 6.23 Å². The van der Waals surface area contributed by atoms with Gasteiger partial charge in [0.25, 0.3) is 0 Å². The number of methoxy groups -OCH3 is 2. The van der Waals surface area contributed by atoms with E-state index in [0.717, 1.165) is 34.7 Å². The zero-order valence-corrected chi connectivity index (χ0v) is 17.0. The molecule has 2 aliphatic heterocycles. The van der Waals surface area contributed by atoms with Gasteiger partial charge in [-0.3, -0.25) is 0 Å². The summed E-state index contributed by atoms with van der Waals surface area (Å²) in [5, 5.41) is 6.64. The molecule has 2 atom stereocenters. The second-order valence-corrected chi connectivity index (χ2v) is 7.42. The number of benzene rings is 3. The van der Waals surface area contributed by atoms with Gasteiger partial charge in [0, 0.05) is 17.5 Å². The maximum Gasteiger partial charge on any atom is 0.213 e. The summed E-state index contributed by atoms with van der Waals surface area (Å²) >= 11 is 0. The van der Waals surface area contributed by atoms with Crippen molar-refractivity contribution in [2.24, 2.45) is 5.10 Å². The summed E-state index contributed by atoms with van der Waals surface area (Å²) in [4.78, 5) is 0. The minimum atomic E-state index is -0.920. The van der Waals surface area contributed by atoms with Crippen LogP contribution in [0, 0.1) is 11.6 Å². The number of hydrazone groups is 1. The molecule has 0 aromatic heterocycles.